The van der Waals surface area contributed by atoms with Gasteiger partial charge in [-0.1, -0.05) is 12.1 Å². The first kappa shape index (κ1) is 20.0. The van der Waals surface area contributed by atoms with E-state index in [1.165, 1.54) is 12.1 Å². The van der Waals surface area contributed by atoms with Crippen molar-refractivity contribution in [3.8, 4) is 0 Å². The summed E-state index contributed by atoms with van der Waals surface area (Å²) in [7, 11) is 0. The zero-order valence-electron chi connectivity index (χ0n) is 16.4. The highest BCUT2D eigenvalue weighted by molar-refractivity contribution is 6.11. The molecular formula is C19H23N7O4. The highest BCUT2D eigenvalue weighted by Gasteiger charge is 2.23. The fourth-order valence-electron chi connectivity index (χ4n) is 3.30. The lowest BCUT2D eigenvalue weighted by Gasteiger charge is -2.30. The molecule has 158 valence electrons. The average Bonchev–Trinajstić information content (AvgIpc) is 2.81. The number of ether oxygens (including phenoxy) is 2. The zero-order chi connectivity index (χ0) is 20.9. The largest absolute Gasteiger partial charge is 0.478 e. The van der Waals surface area contributed by atoms with E-state index in [4.69, 9.17) is 20.4 Å². The summed E-state index contributed by atoms with van der Waals surface area (Å²) in [5.74, 6) is 6.10. The molecule has 1 aromatic heterocycles. The van der Waals surface area contributed by atoms with Gasteiger partial charge in [-0.3, -0.25) is 0 Å². The van der Waals surface area contributed by atoms with Crippen LogP contribution in [0.15, 0.2) is 29.4 Å². The van der Waals surface area contributed by atoms with Gasteiger partial charge >= 0.3 is 5.97 Å². The van der Waals surface area contributed by atoms with Crippen LogP contribution >= 0.6 is 0 Å². The van der Waals surface area contributed by atoms with Crippen LogP contribution in [0.2, 0.25) is 0 Å². The second kappa shape index (κ2) is 9.01. The van der Waals surface area contributed by atoms with Crippen molar-refractivity contribution in [2.75, 3.05) is 62.4 Å². The maximum absolute atomic E-state index is 11.1. The number of hydrogen-bond acceptors (Lipinski definition) is 10. The SMILES string of the molecule is N/N=C(\c1ccc(C(=O)O)cc1)c1nc(N2CCOCC2)nc(N2CCOCC2)n1. The average molecular weight is 413 g/mol. The Morgan fingerprint density at radius 2 is 1.33 bits per heavy atom. The van der Waals surface area contributed by atoms with Crippen LogP contribution in [0.25, 0.3) is 0 Å². The van der Waals surface area contributed by atoms with Gasteiger partial charge in [-0.25, -0.2) is 4.79 Å². The van der Waals surface area contributed by atoms with Crippen LogP contribution in [0.4, 0.5) is 11.9 Å². The molecule has 2 aliphatic heterocycles. The Bertz CT molecular complexity index is 887. The van der Waals surface area contributed by atoms with Gasteiger partial charge in [0.2, 0.25) is 11.9 Å². The summed E-state index contributed by atoms with van der Waals surface area (Å²) in [6.07, 6.45) is 0. The number of aromatic carboxylic acids is 1. The Labute approximate surface area is 173 Å². The molecular weight excluding hydrogens is 390 g/mol. The fourth-order valence-corrected chi connectivity index (χ4v) is 3.30. The first-order valence-electron chi connectivity index (χ1n) is 9.69. The van der Waals surface area contributed by atoms with Gasteiger partial charge in [0.25, 0.3) is 0 Å². The van der Waals surface area contributed by atoms with E-state index < -0.39 is 5.97 Å². The van der Waals surface area contributed by atoms with Crippen LogP contribution in [0.5, 0.6) is 0 Å². The molecule has 1 aromatic carbocycles. The number of carbonyl (C=O) groups is 1. The number of benzene rings is 1. The van der Waals surface area contributed by atoms with Crippen LogP contribution < -0.4 is 15.6 Å². The standard InChI is InChI=1S/C19H23N7O4/c20-24-15(13-1-3-14(4-2-13)17(27)28)16-21-18(25-5-9-29-10-6-25)23-19(22-16)26-7-11-30-12-8-26/h1-4H,5-12,20H2,(H,27,28)/b24-15+. The number of carboxylic acids is 1. The van der Waals surface area contributed by atoms with Gasteiger partial charge in [0.15, 0.2) is 5.82 Å². The predicted molar refractivity (Wildman–Crippen MR) is 109 cm³/mol. The number of nitrogens with zero attached hydrogens (tertiary/aromatic N) is 6. The van der Waals surface area contributed by atoms with Crippen molar-refractivity contribution < 1.29 is 19.4 Å². The second-order valence-electron chi connectivity index (χ2n) is 6.82. The monoisotopic (exact) mass is 413 g/mol. The molecule has 0 radical (unpaired) electrons. The predicted octanol–water partition coefficient (Wildman–Crippen LogP) is -0.0459. The third-order valence-electron chi connectivity index (χ3n) is 4.95. The van der Waals surface area contributed by atoms with Gasteiger partial charge in [-0.05, 0) is 12.1 Å². The number of hydrogen-bond donors (Lipinski definition) is 2. The molecule has 0 spiro atoms. The number of aromatic nitrogens is 3. The quantitative estimate of drug-likeness (QED) is 0.390. The summed E-state index contributed by atoms with van der Waals surface area (Å²) >= 11 is 0. The molecule has 0 atom stereocenters. The second-order valence-corrected chi connectivity index (χ2v) is 6.82. The van der Waals surface area contributed by atoms with Crippen LogP contribution in [0.3, 0.4) is 0 Å². The molecule has 11 heteroatoms. The molecule has 2 aromatic rings. The molecule has 0 aliphatic carbocycles. The third kappa shape index (κ3) is 4.31. The lowest BCUT2D eigenvalue weighted by Crippen LogP contribution is -2.40. The highest BCUT2D eigenvalue weighted by atomic mass is 16.5. The molecule has 3 heterocycles. The van der Waals surface area contributed by atoms with Gasteiger partial charge in [0, 0.05) is 31.7 Å². The Hall–Kier alpha value is -3.31. The van der Waals surface area contributed by atoms with Gasteiger partial charge < -0.3 is 30.2 Å². The normalized spacial score (nSPS) is 17.8. The van der Waals surface area contributed by atoms with E-state index in [0.29, 0.717) is 81.6 Å². The Morgan fingerprint density at radius 3 is 1.77 bits per heavy atom. The maximum atomic E-state index is 11.1. The Kier molecular flexibility index (Phi) is 6.00. The van der Waals surface area contributed by atoms with Gasteiger partial charge in [-0.2, -0.15) is 20.1 Å². The van der Waals surface area contributed by atoms with E-state index in [1.807, 2.05) is 9.80 Å². The zero-order valence-corrected chi connectivity index (χ0v) is 16.4. The minimum Gasteiger partial charge on any atom is -0.478 e. The number of anilines is 2. The minimum atomic E-state index is -1.00. The van der Waals surface area contributed by atoms with E-state index in [-0.39, 0.29) is 5.56 Å². The maximum Gasteiger partial charge on any atom is 0.335 e. The molecule has 3 N–H and O–H groups in total. The summed E-state index contributed by atoms with van der Waals surface area (Å²) in [4.78, 5) is 29.1. The molecule has 2 fully saturated rings. The first-order chi connectivity index (χ1) is 14.7. The third-order valence-corrected chi connectivity index (χ3v) is 4.95. The summed E-state index contributed by atoms with van der Waals surface area (Å²) in [5.41, 5.74) is 1.15. The van der Waals surface area contributed by atoms with E-state index in [0.717, 1.165) is 0 Å². The molecule has 0 bridgehead atoms. The number of hydrazone groups is 1. The lowest BCUT2D eigenvalue weighted by atomic mass is 10.1. The van der Waals surface area contributed by atoms with Crippen molar-refractivity contribution in [1.29, 1.82) is 0 Å². The van der Waals surface area contributed by atoms with E-state index >= 15 is 0 Å². The Balaban J connectivity index is 1.73. The summed E-state index contributed by atoms with van der Waals surface area (Å²) in [5, 5.41) is 13.0. The van der Waals surface area contributed by atoms with Crippen LogP contribution in [0.1, 0.15) is 21.7 Å². The van der Waals surface area contributed by atoms with Crippen molar-refractivity contribution in [3.63, 3.8) is 0 Å². The fraction of sp³-hybridized carbons (Fsp3) is 0.421. The van der Waals surface area contributed by atoms with Crippen LogP contribution in [-0.4, -0.2) is 84.3 Å². The van der Waals surface area contributed by atoms with Crippen molar-refractivity contribution in [3.05, 3.63) is 41.2 Å². The lowest BCUT2D eigenvalue weighted by molar-refractivity contribution is 0.0697. The van der Waals surface area contributed by atoms with Crippen LogP contribution in [-0.2, 0) is 9.47 Å². The molecule has 11 nitrogen and oxygen atoms in total. The van der Waals surface area contributed by atoms with Crippen molar-refractivity contribution in [1.82, 2.24) is 15.0 Å². The van der Waals surface area contributed by atoms with Gasteiger partial charge in [0.1, 0.15) is 5.71 Å². The summed E-state index contributed by atoms with van der Waals surface area (Å²) < 4.78 is 10.9. The minimum absolute atomic E-state index is 0.175. The summed E-state index contributed by atoms with van der Waals surface area (Å²) in [6, 6.07) is 6.27. The highest BCUT2D eigenvalue weighted by Crippen LogP contribution is 2.19. The molecule has 2 saturated heterocycles. The molecule has 30 heavy (non-hydrogen) atoms. The number of morpholine rings is 2. The Morgan fingerprint density at radius 1 is 0.867 bits per heavy atom. The van der Waals surface area contributed by atoms with Gasteiger partial charge in [-0.15, -0.1) is 0 Å². The van der Waals surface area contributed by atoms with Crippen molar-refractivity contribution in [2.45, 2.75) is 0 Å². The van der Waals surface area contributed by atoms with E-state index in [2.05, 4.69) is 20.1 Å². The van der Waals surface area contributed by atoms with Crippen molar-refractivity contribution in [2.24, 2.45) is 10.9 Å². The van der Waals surface area contributed by atoms with E-state index in [1.54, 1.807) is 12.1 Å². The number of nitrogens with two attached hydrogens (primary N) is 1. The number of carboxylic acid groups (broad SMARTS) is 1. The molecule has 0 saturated carbocycles. The van der Waals surface area contributed by atoms with Crippen LogP contribution in [0, 0.1) is 0 Å². The summed E-state index contributed by atoms with van der Waals surface area (Å²) in [6.45, 7) is 5.10. The van der Waals surface area contributed by atoms with Gasteiger partial charge in [0.05, 0.1) is 32.0 Å². The molecule has 0 unspecified atom stereocenters. The van der Waals surface area contributed by atoms with Crippen molar-refractivity contribution >= 4 is 23.6 Å². The number of rotatable bonds is 5. The first-order valence-corrected chi connectivity index (χ1v) is 9.69. The molecule has 4 rings (SSSR count). The molecule has 0 amide bonds. The smallest absolute Gasteiger partial charge is 0.335 e. The van der Waals surface area contributed by atoms with E-state index in [9.17, 15) is 4.79 Å². The molecule has 2 aliphatic rings. The topological polar surface area (TPSA) is 139 Å².